The molecule has 0 radical (unpaired) electrons. The summed E-state index contributed by atoms with van der Waals surface area (Å²) >= 11 is 0. The lowest BCUT2D eigenvalue weighted by atomic mass is 10.1. The fraction of sp³-hybridized carbons (Fsp3) is 0.485. The fourth-order valence-corrected chi connectivity index (χ4v) is 3.45. The molecule has 3 rings (SSSR count). The van der Waals surface area contributed by atoms with E-state index >= 15 is 0 Å². The molecule has 6 heteroatoms. The van der Waals surface area contributed by atoms with E-state index in [1.807, 2.05) is 33.0 Å². The van der Waals surface area contributed by atoms with Gasteiger partial charge >= 0.3 is 0 Å². The van der Waals surface area contributed by atoms with E-state index in [0.717, 1.165) is 30.7 Å². The molecule has 2 heterocycles. The number of terminal acetylenes is 2. The van der Waals surface area contributed by atoms with E-state index in [-0.39, 0.29) is 24.3 Å². The van der Waals surface area contributed by atoms with Crippen LogP contribution >= 0.6 is 0 Å². The second kappa shape index (κ2) is 25.9. The van der Waals surface area contributed by atoms with Gasteiger partial charge in [0, 0.05) is 24.5 Å². The van der Waals surface area contributed by atoms with Crippen molar-refractivity contribution in [2.75, 3.05) is 20.2 Å². The first kappa shape index (κ1) is 39.7. The summed E-state index contributed by atoms with van der Waals surface area (Å²) in [5.41, 5.74) is 2.47. The molecular formula is C33H51N3O3. The van der Waals surface area contributed by atoms with Gasteiger partial charge in [0.1, 0.15) is 0 Å². The Bertz CT molecular complexity index is 966. The standard InChI is InChI=1S/C12H20N2O3.C11H11N.C4H10.C2H6.2C2H2/c1-4-11(15)10-6-5-7-14(10)12(16)8-13-9(2)17-3;1-2-9-7-8-12-11-6-4-3-5-10(9)11;1-4(2)3;3*1-2/h10,13H,2,4-8H2,1,3H3;3-8H,2H2,1H3;4H,1-3H3;1-2H3;2*1-2H/t10-;;;;;/m0...../s1. The van der Waals surface area contributed by atoms with E-state index in [1.54, 1.807) is 4.90 Å². The van der Waals surface area contributed by atoms with Gasteiger partial charge in [0.25, 0.3) is 0 Å². The van der Waals surface area contributed by atoms with Crippen LogP contribution in [0.1, 0.15) is 73.3 Å². The summed E-state index contributed by atoms with van der Waals surface area (Å²) in [6, 6.07) is 10.1. The number of benzene rings is 1. The predicted octanol–water partition coefficient (Wildman–Crippen LogP) is 6.65. The lowest BCUT2D eigenvalue weighted by Crippen LogP contribution is -2.44. The monoisotopic (exact) mass is 537 g/mol. The molecular weight excluding hydrogens is 486 g/mol. The molecule has 39 heavy (non-hydrogen) atoms. The largest absolute Gasteiger partial charge is 0.483 e. The maximum absolute atomic E-state index is 11.9. The van der Waals surface area contributed by atoms with Gasteiger partial charge in [0.15, 0.2) is 11.7 Å². The molecule has 1 amide bonds. The highest BCUT2D eigenvalue weighted by molar-refractivity contribution is 5.90. The van der Waals surface area contributed by atoms with Crippen LogP contribution in [0.15, 0.2) is 49.0 Å². The first-order chi connectivity index (χ1) is 18.7. The van der Waals surface area contributed by atoms with Gasteiger partial charge in [-0.1, -0.05) is 66.7 Å². The average molecular weight is 538 g/mol. The van der Waals surface area contributed by atoms with Gasteiger partial charge < -0.3 is 15.0 Å². The second-order valence-electron chi connectivity index (χ2n) is 8.62. The Hall–Kier alpha value is -3.77. The van der Waals surface area contributed by atoms with E-state index in [4.69, 9.17) is 4.74 Å². The molecule has 0 aliphatic carbocycles. The fourth-order valence-electron chi connectivity index (χ4n) is 3.45. The molecule has 1 aliphatic heterocycles. The van der Waals surface area contributed by atoms with E-state index in [2.05, 4.69) is 94.5 Å². The number of hydrogen-bond acceptors (Lipinski definition) is 5. The number of carbonyl (C=O) groups excluding carboxylic acids is 2. The third-order valence-electron chi connectivity index (χ3n) is 5.10. The van der Waals surface area contributed by atoms with Crippen molar-refractivity contribution in [3.63, 3.8) is 0 Å². The zero-order valence-corrected chi connectivity index (χ0v) is 25.5. The number of Topliss-reactive ketones (excluding diaryl/α,β-unsaturated/α-hetero) is 1. The zero-order valence-electron chi connectivity index (χ0n) is 25.5. The highest BCUT2D eigenvalue weighted by Gasteiger charge is 2.32. The van der Waals surface area contributed by atoms with Gasteiger partial charge in [0.2, 0.25) is 5.91 Å². The number of hydrogen-bond donors (Lipinski definition) is 1. The third kappa shape index (κ3) is 16.6. The molecule has 1 atom stereocenters. The van der Waals surface area contributed by atoms with Gasteiger partial charge in [-0.3, -0.25) is 14.6 Å². The number of para-hydroxylation sites is 1. The molecule has 0 unspecified atom stereocenters. The van der Waals surface area contributed by atoms with Crippen LogP contribution in [-0.4, -0.2) is 47.8 Å². The highest BCUT2D eigenvalue weighted by Crippen LogP contribution is 2.19. The van der Waals surface area contributed by atoms with Crippen molar-refractivity contribution in [2.45, 2.75) is 80.2 Å². The number of fused-ring (bicyclic) bond motifs is 1. The number of ketones is 1. The number of amides is 1. The Labute approximate surface area is 238 Å². The number of methoxy groups -OCH3 is 1. The molecule has 1 aromatic carbocycles. The van der Waals surface area contributed by atoms with Crippen molar-refractivity contribution >= 4 is 22.6 Å². The van der Waals surface area contributed by atoms with Crippen molar-refractivity contribution < 1.29 is 14.3 Å². The quantitative estimate of drug-likeness (QED) is 0.316. The number of nitrogens with zero attached hydrogens (tertiary/aromatic N) is 2. The first-order valence-corrected chi connectivity index (χ1v) is 13.5. The van der Waals surface area contributed by atoms with Crippen LogP contribution in [0.5, 0.6) is 0 Å². The minimum Gasteiger partial charge on any atom is -0.483 e. The minimum atomic E-state index is -0.231. The molecule has 1 saturated heterocycles. The van der Waals surface area contributed by atoms with Crippen LogP contribution in [-0.2, 0) is 20.7 Å². The number of nitrogens with one attached hydrogen (secondary N) is 1. The topological polar surface area (TPSA) is 71.5 Å². The maximum Gasteiger partial charge on any atom is 0.242 e. The number of carbonyl (C=O) groups is 2. The lowest BCUT2D eigenvalue weighted by molar-refractivity contribution is -0.136. The van der Waals surface area contributed by atoms with Crippen LogP contribution in [0.25, 0.3) is 10.9 Å². The number of rotatable bonds is 7. The molecule has 1 fully saturated rings. The number of pyridine rings is 1. The molecule has 216 valence electrons. The van der Waals surface area contributed by atoms with Gasteiger partial charge in [-0.05, 0) is 49.5 Å². The summed E-state index contributed by atoms with van der Waals surface area (Å²) in [4.78, 5) is 29.5. The predicted molar refractivity (Wildman–Crippen MR) is 167 cm³/mol. The number of aryl methyl sites for hydroxylation is 1. The van der Waals surface area contributed by atoms with E-state index in [9.17, 15) is 9.59 Å². The number of aromatic nitrogens is 1. The van der Waals surface area contributed by atoms with Crippen molar-refractivity contribution in [1.29, 1.82) is 0 Å². The second-order valence-corrected chi connectivity index (χ2v) is 8.62. The highest BCUT2D eigenvalue weighted by atomic mass is 16.5. The van der Waals surface area contributed by atoms with Crippen molar-refractivity contribution in [3.8, 4) is 25.7 Å². The molecule has 1 N–H and O–H groups in total. The summed E-state index contributed by atoms with van der Waals surface area (Å²) in [7, 11) is 1.49. The van der Waals surface area contributed by atoms with Crippen LogP contribution in [0.4, 0.5) is 0 Å². The normalized spacial score (nSPS) is 12.6. The first-order valence-electron chi connectivity index (χ1n) is 13.5. The Balaban J connectivity index is -0.000000512. The number of ether oxygens (including phenoxy) is 1. The molecule has 1 aromatic heterocycles. The van der Waals surface area contributed by atoms with Gasteiger partial charge in [-0.2, -0.15) is 0 Å². The van der Waals surface area contributed by atoms with Crippen molar-refractivity contribution in [1.82, 2.24) is 15.2 Å². The summed E-state index contributed by atoms with van der Waals surface area (Å²) < 4.78 is 4.82. The molecule has 0 bridgehead atoms. The molecule has 6 nitrogen and oxygen atoms in total. The summed E-state index contributed by atoms with van der Waals surface area (Å²) in [6.07, 6.45) is 21.1. The smallest absolute Gasteiger partial charge is 0.242 e. The summed E-state index contributed by atoms with van der Waals surface area (Å²) in [5.74, 6) is 1.25. The zero-order chi connectivity index (χ0) is 30.8. The van der Waals surface area contributed by atoms with Gasteiger partial charge in [-0.25, -0.2) is 0 Å². The maximum atomic E-state index is 11.9. The Morgan fingerprint density at radius 3 is 2.18 bits per heavy atom. The SMILES string of the molecule is C#C.C#C.C=C(NCC(=O)N1CCC[C@H]1C(=O)CC)OC.CC.CC(C)C.CCc1ccnc2ccccc12. The molecule has 2 aromatic rings. The van der Waals surface area contributed by atoms with Crippen molar-refractivity contribution in [2.24, 2.45) is 5.92 Å². The van der Waals surface area contributed by atoms with Crippen molar-refractivity contribution in [3.05, 3.63) is 54.6 Å². The van der Waals surface area contributed by atoms with Crippen LogP contribution in [0.3, 0.4) is 0 Å². The van der Waals surface area contributed by atoms with Crippen LogP contribution < -0.4 is 5.32 Å². The number of likely N-dealkylation sites (tertiary alicyclic amines) is 1. The Morgan fingerprint density at radius 2 is 1.67 bits per heavy atom. The van der Waals surface area contributed by atoms with E-state index in [0.29, 0.717) is 18.8 Å². The van der Waals surface area contributed by atoms with Crippen LogP contribution in [0, 0.1) is 31.6 Å². The Morgan fingerprint density at radius 1 is 1.10 bits per heavy atom. The van der Waals surface area contributed by atoms with Crippen LogP contribution in [0.2, 0.25) is 0 Å². The molecule has 1 aliphatic rings. The Kier molecular flexibility index (Phi) is 26.4. The van der Waals surface area contributed by atoms with E-state index < -0.39 is 0 Å². The van der Waals surface area contributed by atoms with E-state index in [1.165, 1.54) is 18.1 Å². The minimum absolute atomic E-state index is 0.0764. The van der Waals surface area contributed by atoms with Gasteiger partial charge in [-0.15, -0.1) is 25.7 Å². The summed E-state index contributed by atoms with van der Waals surface area (Å²) in [6.45, 7) is 18.9. The van der Waals surface area contributed by atoms with Gasteiger partial charge in [0.05, 0.1) is 25.2 Å². The lowest BCUT2D eigenvalue weighted by Gasteiger charge is -2.23. The molecule has 0 spiro atoms. The average Bonchev–Trinajstić information content (AvgIpc) is 3.48. The third-order valence-corrected chi connectivity index (χ3v) is 5.10. The molecule has 0 saturated carbocycles. The summed E-state index contributed by atoms with van der Waals surface area (Å²) in [5, 5.41) is 4.05.